The molecule has 2 atom stereocenters. The Balaban J connectivity index is 1.35. The van der Waals surface area contributed by atoms with E-state index in [4.69, 9.17) is 16.3 Å². The first kappa shape index (κ1) is 17.8. The van der Waals surface area contributed by atoms with Gasteiger partial charge in [0, 0.05) is 25.2 Å². The van der Waals surface area contributed by atoms with Crippen LogP contribution in [0.5, 0.6) is 0 Å². The van der Waals surface area contributed by atoms with Gasteiger partial charge in [0.1, 0.15) is 12.4 Å². The van der Waals surface area contributed by atoms with Gasteiger partial charge in [-0.25, -0.2) is 13.9 Å². The molecule has 1 N–H and O–H groups in total. The van der Waals surface area contributed by atoms with Crippen molar-refractivity contribution in [2.75, 3.05) is 18.5 Å². The Bertz CT molecular complexity index is 887. The number of fused-ring (bicyclic) bond motifs is 1. The Kier molecular flexibility index (Phi) is 4.73. The third-order valence-corrected chi connectivity index (χ3v) is 5.25. The van der Waals surface area contributed by atoms with E-state index in [1.807, 2.05) is 0 Å². The Hall–Kier alpha value is -2.61. The van der Waals surface area contributed by atoms with E-state index in [0.29, 0.717) is 31.1 Å². The highest BCUT2D eigenvalue weighted by molar-refractivity contribution is 6.32. The number of hydrogen-bond donors (Lipinski definition) is 1. The molecule has 0 aliphatic carbocycles. The number of amides is 2. The van der Waals surface area contributed by atoms with Crippen LogP contribution >= 0.6 is 11.6 Å². The monoisotopic (exact) mass is 392 g/mol. The van der Waals surface area contributed by atoms with Crippen molar-refractivity contribution in [2.45, 2.75) is 25.3 Å². The summed E-state index contributed by atoms with van der Waals surface area (Å²) in [5.74, 6) is 0.0468. The van der Waals surface area contributed by atoms with E-state index in [0.717, 1.165) is 12.8 Å². The predicted molar refractivity (Wildman–Crippen MR) is 96.3 cm³/mol. The molecule has 0 spiro atoms. The minimum absolute atomic E-state index is 0.0730. The van der Waals surface area contributed by atoms with Crippen LogP contribution < -0.4 is 5.32 Å². The van der Waals surface area contributed by atoms with Crippen LogP contribution in [0, 0.1) is 11.7 Å². The summed E-state index contributed by atoms with van der Waals surface area (Å²) in [7, 11) is 0. The zero-order chi connectivity index (χ0) is 19.0. The minimum Gasteiger partial charge on any atom is -0.447 e. The molecule has 0 bridgehead atoms. The number of halogens is 2. The van der Waals surface area contributed by atoms with Crippen molar-refractivity contribution < 1.29 is 18.7 Å². The Morgan fingerprint density at radius 1 is 1.41 bits per heavy atom. The third kappa shape index (κ3) is 3.75. The zero-order valence-electron chi connectivity index (χ0n) is 14.4. The average Bonchev–Trinajstić information content (AvgIpc) is 3.22. The molecule has 1 aromatic heterocycles. The number of anilines is 1. The Labute approximate surface area is 160 Å². The molecule has 3 heterocycles. The van der Waals surface area contributed by atoms with E-state index in [1.165, 1.54) is 22.9 Å². The van der Waals surface area contributed by atoms with Crippen molar-refractivity contribution in [2.24, 2.45) is 5.92 Å². The van der Waals surface area contributed by atoms with Crippen molar-refractivity contribution in [3.63, 3.8) is 0 Å². The maximum atomic E-state index is 13.2. The summed E-state index contributed by atoms with van der Waals surface area (Å²) in [4.78, 5) is 25.6. The van der Waals surface area contributed by atoms with Gasteiger partial charge < -0.3 is 15.0 Å². The van der Waals surface area contributed by atoms with Crippen LogP contribution in [0.2, 0.25) is 5.02 Å². The number of rotatable bonds is 4. The summed E-state index contributed by atoms with van der Waals surface area (Å²) >= 11 is 6.04. The van der Waals surface area contributed by atoms with Crippen molar-refractivity contribution >= 4 is 29.4 Å². The van der Waals surface area contributed by atoms with Gasteiger partial charge in [-0.05, 0) is 37.0 Å². The number of benzene rings is 1. The highest BCUT2D eigenvalue weighted by Crippen LogP contribution is 2.30. The number of aromatic nitrogens is 2. The van der Waals surface area contributed by atoms with Crippen molar-refractivity contribution in [1.82, 2.24) is 14.7 Å². The fourth-order valence-electron chi connectivity index (χ4n) is 3.62. The van der Waals surface area contributed by atoms with Crippen LogP contribution in [0.1, 0.15) is 19.3 Å². The first-order valence-electron chi connectivity index (χ1n) is 8.74. The number of hydrogen-bond acceptors (Lipinski definition) is 4. The largest absolute Gasteiger partial charge is 0.447 e. The molecule has 2 aliphatic rings. The zero-order valence-corrected chi connectivity index (χ0v) is 15.2. The normalized spacial score (nSPS) is 21.7. The number of ether oxygens (including phenoxy) is 1. The SMILES string of the molecule is O=C(C[C@H]1CCN2C(=O)OC[C@H]2C1)Nc1ccn(-c2ccc(F)cc2Cl)n1. The van der Waals surface area contributed by atoms with E-state index >= 15 is 0 Å². The predicted octanol–water partition coefficient (Wildman–Crippen LogP) is 3.22. The Morgan fingerprint density at radius 3 is 3.07 bits per heavy atom. The first-order chi connectivity index (χ1) is 13.0. The molecule has 7 nitrogen and oxygen atoms in total. The van der Waals surface area contributed by atoms with Gasteiger partial charge >= 0.3 is 6.09 Å². The molecule has 2 amide bonds. The van der Waals surface area contributed by atoms with Gasteiger partial charge in [-0.15, -0.1) is 0 Å². The van der Waals surface area contributed by atoms with Crippen molar-refractivity contribution in [3.8, 4) is 5.69 Å². The summed E-state index contributed by atoms with van der Waals surface area (Å²) in [5.41, 5.74) is 0.525. The number of nitrogens with one attached hydrogen (secondary N) is 1. The summed E-state index contributed by atoms with van der Waals surface area (Å²) in [6.07, 6.45) is 3.29. The lowest BCUT2D eigenvalue weighted by molar-refractivity contribution is -0.117. The smallest absolute Gasteiger partial charge is 0.410 e. The van der Waals surface area contributed by atoms with E-state index in [2.05, 4.69) is 10.4 Å². The molecular weight excluding hydrogens is 375 g/mol. The van der Waals surface area contributed by atoms with E-state index in [1.54, 1.807) is 17.2 Å². The van der Waals surface area contributed by atoms with Gasteiger partial charge in [0.2, 0.25) is 5.91 Å². The van der Waals surface area contributed by atoms with Crippen LogP contribution in [-0.2, 0) is 9.53 Å². The molecule has 1 aromatic carbocycles. The van der Waals surface area contributed by atoms with Crippen molar-refractivity contribution in [3.05, 3.63) is 41.3 Å². The van der Waals surface area contributed by atoms with Crippen LogP contribution in [0.15, 0.2) is 30.5 Å². The van der Waals surface area contributed by atoms with Crippen LogP contribution in [0.25, 0.3) is 5.69 Å². The summed E-state index contributed by atoms with van der Waals surface area (Å²) in [6, 6.07) is 5.76. The molecule has 2 aromatic rings. The molecule has 4 rings (SSSR count). The van der Waals surface area contributed by atoms with Crippen molar-refractivity contribution in [1.29, 1.82) is 0 Å². The van der Waals surface area contributed by atoms with Gasteiger partial charge in [0.05, 0.1) is 16.8 Å². The molecule has 0 unspecified atom stereocenters. The first-order valence-corrected chi connectivity index (χ1v) is 9.12. The van der Waals surface area contributed by atoms with Gasteiger partial charge in [-0.1, -0.05) is 11.6 Å². The molecule has 0 radical (unpaired) electrons. The van der Waals surface area contributed by atoms with Gasteiger partial charge in [0.15, 0.2) is 5.82 Å². The standard InChI is InChI=1S/C18H18ClFN4O3/c19-14-9-12(20)1-2-15(14)24-6-4-16(22-24)21-17(25)8-11-3-5-23-13(7-11)10-27-18(23)26/h1-2,4,6,9,11,13H,3,5,7-8,10H2,(H,21,22,25)/t11-,13+/m0/s1. The second kappa shape index (κ2) is 7.19. The molecule has 2 aliphatic heterocycles. The molecular formula is C18H18ClFN4O3. The molecule has 2 saturated heterocycles. The molecule has 27 heavy (non-hydrogen) atoms. The summed E-state index contributed by atoms with van der Waals surface area (Å²) in [6.45, 7) is 1.03. The lowest BCUT2D eigenvalue weighted by atomic mass is 9.89. The fraction of sp³-hybridized carbons (Fsp3) is 0.389. The second-order valence-electron chi connectivity index (χ2n) is 6.81. The van der Waals surface area contributed by atoms with Crippen LogP contribution in [-0.4, -0.2) is 45.9 Å². The lowest BCUT2D eigenvalue weighted by Crippen LogP contribution is -2.41. The van der Waals surface area contributed by atoms with E-state index < -0.39 is 5.82 Å². The fourth-order valence-corrected chi connectivity index (χ4v) is 3.87. The summed E-state index contributed by atoms with van der Waals surface area (Å²) < 4.78 is 19.7. The van der Waals surface area contributed by atoms with E-state index in [9.17, 15) is 14.0 Å². The minimum atomic E-state index is -0.426. The quantitative estimate of drug-likeness (QED) is 0.866. The number of piperidine rings is 1. The third-order valence-electron chi connectivity index (χ3n) is 4.95. The topological polar surface area (TPSA) is 76.5 Å². The van der Waals surface area contributed by atoms with Crippen LogP contribution in [0.4, 0.5) is 15.0 Å². The van der Waals surface area contributed by atoms with Gasteiger partial charge in [-0.3, -0.25) is 4.79 Å². The van der Waals surface area contributed by atoms with Gasteiger partial charge in [-0.2, -0.15) is 5.10 Å². The number of carbonyl (C=O) groups excluding carboxylic acids is 2. The second-order valence-corrected chi connectivity index (χ2v) is 7.22. The van der Waals surface area contributed by atoms with Gasteiger partial charge in [0.25, 0.3) is 0 Å². The summed E-state index contributed by atoms with van der Waals surface area (Å²) in [5, 5.41) is 7.28. The number of carbonyl (C=O) groups is 2. The molecule has 9 heteroatoms. The highest BCUT2D eigenvalue weighted by Gasteiger charge is 2.38. The maximum absolute atomic E-state index is 13.2. The molecule has 0 saturated carbocycles. The highest BCUT2D eigenvalue weighted by atomic mass is 35.5. The Morgan fingerprint density at radius 2 is 2.26 bits per heavy atom. The molecule has 2 fully saturated rings. The maximum Gasteiger partial charge on any atom is 0.410 e. The van der Waals surface area contributed by atoms with Crippen LogP contribution in [0.3, 0.4) is 0 Å². The number of cyclic esters (lactones) is 1. The average molecular weight is 393 g/mol. The van der Waals surface area contributed by atoms with E-state index in [-0.39, 0.29) is 29.0 Å². The molecule has 142 valence electrons. The number of nitrogens with zero attached hydrogens (tertiary/aromatic N) is 3. The lowest BCUT2D eigenvalue weighted by Gasteiger charge is -2.31.